The summed E-state index contributed by atoms with van der Waals surface area (Å²) in [4.78, 5) is 17.2. The van der Waals surface area contributed by atoms with Gasteiger partial charge in [-0.2, -0.15) is 0 Å². The van der Waals surface area contributed by atoms with E-state index in [0.29, 0.717) is 23.7 Å². The van der Waals surface area contributed by atoms with Gasteiger partial charge in [-0.3, -0.25) is 4.79 Å². The molecule has 0 radical (unpaired) electrons. The van der Waals surface area contributed by atoms with Crippen LogP contribution in [-0.2, 0) is 0 Å². The Labute approximate surface area is 99.9 Å². The Morgan fingerprint density at radius 3 is 2.81 bits per heavy atom. The number of nitrogens with zero attached hydrogens (tertiary/aromatic N) is 2. The van der Waals surface area contributed by atoms with Crippen molar-refractivity contribution >= 4 is 17.5 Å². The van der Waals surface area contributed by atoms with Gasteiger partial charge in [-0.15, -0.1) is 0 Å². The lowest BCUT2D eigenvalue weighted by atomic mass is 10.2. The fourth-order valence-corrected chi connectivity index (χ4v) is 1.32. The normalized spacial score (nSPS) is 12.2. The third-order valence-electron chi connectivity index (χ3n) is 2.20. The maximum absolute atomic E-state index is 11.8. The Hall–Kier alpha value is -1.13. The third kappa shape index (κ3) is 3.79. The van der Waals surface area contributed by atoms with Gasteiger partial charge >= 0.3 is 0 Å². The largest absolute Gasteiger partial charge is 0.393 e. The van der Waals surface area contributed by atoms with Crippen LogP contribution in [0.15, 0.2) is 18.3 Å². The molecule has 88 valence electrons. The van der Waals surface area contributed by atoms with E-state index in [-0.39, 0.29) is 5.91 Å². The Bertz CT molecular complexity index is 352. The van der Waals surface area contributed by atoms with E-state index in [1.165, 1.54) is 6.20 Å². The van der Waals surface area contributed by atoms with Crippen LogP contribution in [-0.4, -0.2) is 40.6 Å². The number of carbonyl (C=O) groups excluding carboxylic acids is 1. The summed E-state index contributed by atoms with van der Waals surface area (Å²) in [6.45, 7) is 2.21. The van der Waals surface area contributed by atoms with Gasteiger partial charge in [0, 0.05) is 19.8 Å². The van der Waals surface area contributed by atoms with Crippen LogP contribution >= 0.6 is 11.6 Å². The highest BCUT2D eigenvalue weighted by molar-refractivity contribution is 6.29. The minimum atomic E-state index is -0.404. The van der Waals surface area contributed by atoms with Gasteiger partial charge in [0.1, 0.15) is 5.15 Å². The van der Waals surface area contributed by atoms with Crippen LogP contribution in [0.3, 0.4) is 0 Å². The Kier molecular flexibility index (Phi) is 4.71. The summed E-state index contributed by atoms with van der Waals surface area (Å²) in [5.74, 6) is -0.121. The standard InChI is InChI=1S/C11H15ClN2O2/c1-8(15)5-6-14(2)11(16)9-3-4-10(12)13-7-9/h3-4,7-8,15H,5-6H2,1-2H3. The zero-order chi connectivity index (χ0) is 12.1. The highest BCUT2D eigenvalue weighted by Crippen LogP contribution is 2.08. The molecule has 4 nitrogen and oxygen atoms in total. The first kappa shape index (κ1) is 12.9. The van der Waals surface area contributed by atoms with Gasteiger partial charge in [0.25, 0.3) is 5.91 Å². The molecule has 1 rings (SSSR count). The second-order valence-electron chi connectivity index (χ2n) is 3.73. The molecule has 16 heavy (non-hydrogen) atoms. The summed E-state index contributed by atoms with van der Waals surface area (Å²) in [7, 11) is 1.69. The van der Waals surface area contributed by atoms with Gasteiger partial charge in [-0.1, -0.05) is 11.6 Å². The van der Waals surface area contributed by atoms with E-state index in [0.717, 1.165) is 0 Å². The van der Waals surface area contributed by atoms with Crippen molar-refractivity contribution in [1.82, 2.24) is 9.88 Å². The van der Waals surface area contributed by atoms with Crippen molar-refractivity contribution in [2.45, 2.75) is 19.4 Å². The second-order valence-corrected chi connectivity index (χ2v) is 4.12. The van der Waals surface area contributed by atoms with E-state index in [1.807, 2.05) is 0 Å². The maximum Gasteiger partial charge on any atom is 0.255 e. The van der Waals surface area contributed by atoms with Crippen LogP contribution in [0.1, 0.15) is 23.7 Å². The molecule has 1 heterocycles. The van der Waals surface area contributed by atoms with E-state index < -0.39 is 6.10 Å². The van der Waals surface area contributed by atoms with E-state index in [9.17, 15) is 4.79 Å². The quantitative estimate of drug-likeness (QED) is 0.816. The zero-order valence-corrected chi connectivity index (χ0v) is 10.1. The molecule has 5 heteroatoms. The second kappa shape index (κ2) is 5.82. The van der Waals surface area contributed by atoms with Crippen LogP contribution in [0.5, 0.6) is 0 Å². The highest BCUT2D eigenvalue weighted by atomic mass is 35.5. The molecule has 1 unspecified atom stereocenters. The molecule has 0 aromatic carbocycles. The molecular formula is C11H15ClN2O2. The average Bonchev–Trinajstić information content (AvgIpc) is 2.26. The van der Waals surface area contributed by atoms with Crippen molar-refractivity contribution in [3.8, 4) is 0 Å². The summed E-state index contributed by atoms with van der Waals surface area (Å²) in [5.41, 5.74) is 0.498. The van der Waals surface area contributed by atoms with E-state index in [2.05, 4.69) is 4.98 Å². The number of amides is 1. The number of carbonyl (C=O) groups is 1. The van der Waals surface area contributed by atoms with Gasteiger partial charge in [-0.25, -0.2) is 4.98 Å². The summed E-state index contributed by atoms with van der Waals surface area (Å²) < 4.78 is 0. The number of aromatic nitrogens is 1. The maximum atomic E-state index is 11.8. The molecule has 0 bridgehead atoms. The number of hydrogen-bond acceptors (Lipinski definition) is 3. The summed E-state index contributed by atoms with van der Waals surface area (Å²) >= 11 is 5.63. The smallest absolute Gasteiger partial charge is 0.255 e. The number of pyridine rings is 1. The third-order valence-corrected chi connectivity index (χ3v) is 2.43. The lowest BCUT2D eigenvalue weighted by Crippen LogP contribution is -2.29. The molecule has 0 saturated heterocycles. The average molecular weight is 243 g/mol. The van der Waals surface area contributed by atoms with Crippen molar-refractivity contribution in [3.05, 3.63) is 29.0 Å². The molecule has 1 atom stereocenters. The SMILES string of the molecule is CC(O)CCN(C)C(=O)c1ccc(Cl)nc1. The molecule has 0 aliphatic heterocycles. The van der Waals surface area contributed by atoms with Crippen LogP contribution in [0.2, 0.25) is 5.15 Å². The van der Waals surface area contributed by atoms with E-state index in [4.69, 9.17) is 16.7 Å². The van der Waals surface area contributed by atoms with Gasteiger partial charge in [0.2, 0.25) is 0 Å². The van der Waals surface area contributed by atoms with Gasteiger partial charge in [-0.05, 0) is 25.5 Å². The molecule has 0 spiro atoms. The van der Waals surface area contributed by atoms with Crippen LogP contribution < -0.4 is 0 Å². The molecule has 0 fully saturated rings. The molecule has 0 aliphatic rings. The lowest BCUT2D eigenvalue weighted by Gasteiger charge is -2.17. The summed E-state index contributed by atoms with van der Waals surface area (Å²) in [5, 5.41) is 9.49. The highest BCUT2D eigenvalue weighted by Gasteiger charge is 2.12. The van der Waals surface area contributed by atoms with Gasteiger partial charge in [0.05, 0.1) is 11.7 Å². The summed E-state index contributed by atoms with van der Waals surface area (Å²) in [6, 6.07) is 3.22. The topological polar surface area (TPSA) is 53.4 Å². The predicted molar refractivity (Wildman–Crippen MR) is 62.5 cm³/mol. The van der Waals surface area contributed by atoms with E-state index >= 15 is 0 Å². The number of halogens is 1. The Morgan fingerprint density at radius 2 is 2.31 bits per heavy atom. The number of aliphatic hydroxyl groups excluding tert-OH is 1. The Morgan fingerprint density at radius 1 is 1.62 bits per heavy atom. The zero-order valence-electron chi connectivity index (χ0n) is 9.35. The first-order valence-electron chi connectivity index (χ1n) is 5.06. The van der Waals surface area contributed by atoms with Crippen LogP contribution in [0, 0.1) is 0 Å². The molecule has 0 saturated carbocycles. The molecule has 1 aromatic heterocycles. The number of rotatable bonds is 4. The minimum absolute atomic E-state index is 0.121. The lowest BCUT2D eigenvalue weighted by molar-refractivity contribution is 0.0768. The predicted octanol–water partition coefficient (Wildman–Crippen LogP) is 1.58. The monoisotopic (exact) mass is 242 g/mol. The number of aliphatic hydroxyl groups is 1. The van der Waals surface area contributed by atoms with Crippen molar-refractivity contribution in [2.24, 2.45) is 0 Å². The molecule has 1 N–H and O–H groups in total. The van der Waals surface area contributed by atoms with Gasteiger partial charge < -0.3 is 10.0 Å². The van der Waals surface area contributed by atoms with Crippen molar-refractivity contribution in [2.75, 3.05) is 13.6 Å². The van der Waals surface area contributed by atoms with Crippen LogP contribution in [0.4, 0.5) is 0 Å². The van der Waals surface area contributed by atoms with Gasteiger partial charge in [0.15, 0.2) is 0 Å². The molecule has 0 aliphatic carbocycles. The molecular weight excluding hydrogens is 228 g/mol. The Balaban J connectivity index is 2.60. The van der Waals surface area contributed by atoms with E-state index in [1.54, 1.807) is 31.0 Å². The fraction of sp³-hybridized carbons (Fsp3) is 0.455. The summed E-state index contributed by atoms with van der Waals surface area (Å²) in [6.07, 6.45) is 1.60. The first-order valence-corrected chi connectivity index (χ1v) is 5.43. The fourth-order valence-electron chi connectivity index (χ4n) is 1.20. The van der Waals surface area contributed by atoms with Crippen molar-refractivity contribution in [3.63, 3.8) is 0 Å². The first-order chi connectivity index (χ1) is 7.50. The molecule has 1 amide bonds. The minimum Gasteiger partial charge on any atom is -0.393 e. The molecule has 1 aromatic rings. The van der Waals surface area contributed by atoms with Crippen molar-refractivity contribution in [1.29, 1.82) is 0 Å². The van der Waals surface area contributed by atoms with Crippen LogP contribution in [0.25, 0.3) is 0 Å². The number of hydrogen-bond donors (Lipinski definition) is 1. The van der Waals surface area contributed by atoms with Crippen molar-refractivity contribution < 1.29 is 9.90 Å².